The molecule has 0 aliphatic carbocycles. The number of aryl methyl sites for hydroxylation is 4. The Morgan fingerprint density at radius 2 is 1.75 bits per heavy atom. The smallest absolute Gasteiger partial charge is 0.224 e. The molecule has 32 heavy (non-hydrogen) atoms. The van der Waals surface area contributed by atoms with Gasteiger partial charge in [-0.2, -0.15) is 5.10 Å². The van der Waals surface area contributed by atoms with Gasteiger partial charge in [-0.15, -0.1) is 0 Å². The summed E-state index contributed by atoms with van der Waals surface area (Å²) in [5, 5.41) is 4.34. The van der Waals surface area contributed by atoms with Crippen molar-refractivity contribution >= 4 is 5.91 Å². The topological polar surface area (TPSA) is 63.9 Å². The fourth-order valence-corrected chi connectivity index (χ4v) is 4.47. The first-order valence-corrected chi connectivity index (χ1v) is 11.2. The molecule has 3 heterocycles. The van der Waals surface area contributed by atoms with E-state index in [9.17, 15) is 9.18 Å². The summed E-state index contributed by atoms with van der Waals surface area (Å²) < 4.78 is 15.0. The van der Waals surface area contributed by atoms with Crippen molar-refractivity contribution in [1.29, 1.82) is 0 Å². The molecule has 1 saturated heterocycles. The molecule has 0 atom stereocenters. The number of hydrogen-bond acceptors (Lipinski definition) is 4. The van der Waals surface area contributed by atoms with Crippen LogP contribution in [-0.4, -0.2) is 43.6 Å². The fraction of sp³-hybridized carbons (Fsp3) is 0.440. The minimum Gasteiger partial charge on any atom is -0.343 e. The third-order valence-corrected chi connectivity index (χ3v) is 6.12. The summed E-state index contributed by atoms with van der Waals surface area (Å²) in [4.78, 5) is 23.7. The number of piperidine rings is 1. The van der Waals surface area contributed by atoms with Crippen LogP contribution in [0.25, 0.3) is 0 Å². The van der Waals surface area contributed by atoms with E-state index < -0.39 is 0 Å². The third-order valence-electron chi connectivity index (χ3n) is 6.12. The quantitative estimate of drug-likeness (QED) is 0.584. The van der Waals surface area contributed by atoms with Gasteiger partial charge in [0.2, 0.25) is 5.91 Å². The second-order valence-corrected chi connectivity index (χ2v) is 8.68. The summed E-state index contributed by atoms with van der Waals surface area (Å²) in [6.07, 6.45) is 3.03. The number of carbonyl (C=O) groups is 1. The summed E-state index contributed by atoms with van der Waals surface area (Å²) in [6, 6.07) is 10.9. The van der Waals surface area contributed by atoms with Crippen molar-refractivity contribution in [1.82, 2.24) is 24.6 Å². The minimum absolute atomic E-state index is 0.171. The van der Waals surface area contributed by atoms with Gasteiger partial charge in [-0.25, -0.2) is 14.1 Å². The van der Waals surface area contributed by atoms with Crippen LogP contribution in [0.3, 0.4) is 0 Å². The van der Waals surface area contributed by atoms with Crippen molar-refractivity contribution in [2.45, 2.75) is 58.9 Å². The molecule has 1 aliphatic heterocycles. The Morgan fingerprint density at radius 1 is 1.03 bits per heavy atom. The lowest BCUT2D eigenvalue weighted by atomic mass is 9.91. The molecule has 1 aliphatic rings. The largest absolute Gasteiger partial charge is 0.343 e. The lowest BCUT2D eigenvalue weighted by Gasteiger charge is -2.32. The van der Waals surface area contributed by atoms with Gasteiger partial charge in [0.1, 0.15) is 17.5 Å². The van der Waals surface area contributed by atoms with Crippen LogP contribution in [0.1, 0.15) is 59.3 Å². The maximum atomic E-state index is 13.2. The number of pyridine rings is 1. The van der Waals surface area contributed by atoms with E-state index in [1.165, 1.54) is 17.7 Å². The number of carbonyl (C=O) groups excluding carboxylic acids is 1. The van der Waals surface area contributed by atoms with Crippen LogP contribution in [-0.2, 0) is 17.8 Å². The van der Waals surface area contributed by atoms with Gasteiger partial charge >= 0.3 is 0 Å². The number of likely N-dealkylation sites (tertiary alicyclic amines) is 1. The van der Waals surface area contributed by atoms with Gasteiger partial charge in [-0.05, 0) is 75.4 Å². The van der Waals surface area contributed by atoms with Crippen molar-refractivity contribution in [3.05, 3.63) is 76.4 Å². The normalized spacial score (nSPS) is 14.7. The van der Waals surface area contributed by atoms with Crippen molar-refractivity contribution in [2.24, 2.45) is 0 Å². The first kappa shape index (κ1) is 22.1. The Bertz CT molecular complexity index is 1080. The lowest BCUT2D eigenvalue weighted by molar-refractivity contribution is -0.132. The molecule has 168 valence electrons. The number of rotatable bonds is 6. The molecule has 0 N–H and O–H groups in total. The molecule has 0 spiro atoms. The maximum absolute atomic E-state index is 13.2. The molecule has 0 radical (unpaired) electrons. The van der Waals surface area contributed by atoms with Gasteiger partial charge in [0.05, 0.1) is 6.54 Å². The van der Waals surface area contributed by atoms with Crippen molar-refractivity contribution in [3.8, 4) is 0 Å². The van der Waals surface area contributed by atoms with Gasteiger partial charge in [0.15, 0.2) is 0 Å². The molecule has 0 bridgehead atoms. The van der Waals surface area contributed by atoms with Crippen molar-refractivity contribution in [3.63, 3.8) is 0 Å². The third kappa shape index (κ3) is 5.39. The lowest BCUT2D eigenvalue weighted by Crippen LogP contribution is -2.38. The predicted octanol–water partition coefficient (Wildman–Crippen LogP) is 4.12. The molecule has 1 fully saturated rings. The van der Waals surface area contributed by atoms with Crippen LogP contribution < -0.4 is 0 Å². The number of halogens is 1. The van der Waals surface area contributed by atoms with E-state index in [0.29, 0.717) is 18.9 Å². The Labute approximate surface area is 188 Å². The minimum atomic E-state index is -0.215. The number of nitrogens with zero attached hydrogens (tertiary/aromatic N) is 5. The number of aromatic nitrogens is 4. The molecule has 7 heteroatoms. The molecule has 0 saturated carbocycles. The fourth-order valence-electron chi connectivity index (χ4n) is 4.47. The van der Waals surface area contributed by atoms with E-state index in [2.05, 4.69) is 22.2 Å². The number of hydrogen-bond donors (Lipinski definition) is 0. The molecule has 0 unspecified atom stereocenters. The maximum Gasteiger partial charge on any atom is 0.224 e. The summed E-state index contributed by atoms with van der Waals surface area (Å²) in [7, 11) is 0. The van der Waals surface area contributed by atoms with Gasteiger partial charge in [0.25, 0.3) is 0 Å². The number of benzene rings is 1. The van der Waals surface area contributed by atoms with E-state index >= 15 is 0 Å². The van der Waals surface area contributed by atoms with E-state index in [0.717, 1.165) is 61.0 Å². The van der Waals surface area contributed by atoms with Gasteiger partial charge in [0, 0.05) is 36.8 Å². The molecule has 1 amide bonds. The summed E-state index contributed by atoms with van der Waals surface area (Å²) >= 11 is 0. The SMILES string of the molecule is Cc1cc(Cc2ccc(F)cc2)cc(C2CCN(C(=O)CCn3nc(C)nc3C)CC2)n1. The first-order valence-electron chi connectivity index (χ1n) is 11.2. The van der Waals surface area contributed by atoms with Crippen LogP contribution in [0.5, 0.6) is 0 Å². The first-order chi connectivity index (χ1) is 15.4. The van der Waals surface area contributed by atoms with Crippen LogP contribution in [0, 0.1) is 26.6 Å². The zero-order chi connectivity index (χ0) is 22.7. The molecular weight excluding hydrogens is 405 g/mol. The second kappa shape index (κ2) is 9.59. The van der Waals surface area contributed by atoms with Gasteiger partial charge < -0.3 is 4.90 Å². The highest BCUT2D eigenvalue weighted by Crippen LogP contribution is 2.28. The summed E-state index contributed by atoms with van der Waals surface area (Å²) in [6.45, 7) is 7.86. The molecular formula is C25H30FN5O. The average Bonchev–Trinajstić information content (AvgIpc) is 3.10. The number of amides is 1. The van der Waals surface area contributed by atoms with Crippen molar-refractivity contribution < 1.29 is 9.18 Å². The van der Waals surface area contributed by atoms with Crippen LogP contribution in [0.2, 0.25) is 0 Å². The average molecular weight is 436 g/mol. The molecule has 1 aromatic carbocycles. The summed E-state index contributed by atoms with van der Waals surface area (Å²) in [5.41, 5.74) is 4.37. The van der Waals surface area contributed by atoms with Crippen LogP contribution >= 0.6 is 0 Å². The molecule has 2 aromatic heterocycles. The monoisotopic (exact) mass is 435 g/mol. The Hall–Kier alpha value is -3.09. The van der Waals surface area contributed by atoms with E-state index in [1.54, 1.807) is 4.68 Å². The molecule has 6 nitrogen and oxygen atoms in total. The van der Waals surface area contributed by atoms with Crippen LogP contribution in [0.15, 0.2) is 36.4 Å². The van der Waals surface area contributed by atoms with Crippen LogP contribution in [0.4, 0.5) is 4.39 Å². The zero-order valence-electron chi connectivity index (χ0n) is 19.0. The Kier molecular flexibility index (Phi) is 6.63. The van der Waals surface area contributed by atoms with E-state index in [1.807, 2.05) is 37.8 Å². The van der Waals surface area contributed by atoms with Crippen molar-refractivity contribution in [2.75, 3.05) is 13.1 Å². The Morgan fingerprint density at radius 3 is 2.41 bits per heavy atom. The molecule has 3 aromatic rings. The van der Waals surface area contributed by atoms with E-state index in [4.69, 9.17) is 4.98 Å². The highest BCUT2D eigenvalue weighted by Gasteiger charge is 2.25. The molecule has 4 rings (SSSR count). The highest BCUT2D eigenvalue weighted by molar-refractivity contribution is 5.76. The summed E-state index contributed by atoms with van der Waals surface area (Å²) in [5.74, 6) is 1.89. The highest BCUT2D eigenvalue weighted by atomic mass is 19.1. The predicted molar refractivity (Wildman–Crippen MR) is 121 cm³/mol. The zero-order valence-corrected chi connectivity index (χ0v) is 19.0. The van der Waals surface area contributed by atoms with E-state index in [-0.39, 0.29) is 11.7 Å². The second-order valence-electron chi connectivity index (χ2n) is 8.68. The van der Waals surface area contributed by atoms with Gasteiger partial charge in [-0.3, -0.25) is 9.78 Å². The Balaban J connectivity index is 1.34. The van der Waals surface area contributed by atoms with Gasteiger partial charge in [-0.1, -0.05) is 12.1 Å². The standard InChI is InChI=1S/C25H30FN5O/c1-17-14-21(15-20-4-6-23(26)7-5-20)16-24(27-17)22-8-11-30(12-9-22)25(32)10-13-31-19(3)28-18(2)29-31/h4-7,14,16,22H,8-13,15H2,1-3H3.